The summed E-state index contributed by atoms with van der Waals surface area (Å²) in [7, 11) is 1.90. The fourth-order valence-corrected chi connectivity index (χ4v) is 3.78. The zero-order valence-corrected chi connectivity index (χ0v) is 17.6. The Morgan fingerprint density at radius 3 is 2.26 bits per heavy atom. The number of hydrogen-bond acceptors (Lipinski definition) is 4. The molecular formula is C23H18F2N4OS. The molecule has 0 bridgehead atoms. The second kappa shape index (κ2) is 8.69. The SMILES string of the molecule is CSc1nc(-c2ccc(F)cc2)c(-c2ccnc(NC(=O)c3ccc(F)cc3)c2)n1C. The second-order valence-corrected chi connectivity index (χ2v) is 7.53. The van der Waals surface area contributed by atoms with E-state index in [0.717, 1.165) is 22.0 Å². The zero-order valence-electron chi connectivity index (χ0n) is 16.8. The van der Waals surface area contributed by atoms with E-state index in [1.165, 1.54) is 48.2 Å². The molecule has 0 radical (unpaired) electrons. The molecule has 0 aliphatic rings. The Hall–Kier alpha value is -3.52. The molecule has 4 aromatic rings. The minimum Gasteiger partial charge on any atom is -0.322 e. The summed E-state index contributed by atoms with van der Waals surface area (Å²) in [6, 6.07) is 15.0. The fourth-order valence-electron chi connectivity index (χ4n) is 3.24. The lowest BCUT2D eigenvalue weighted by atomic mass is 10.1. The number of aromatic nitrogens is 3. The van der Waals surface area contributed by atoms with Gasteiger partial charge in [0.05, 0.1) is 11.4 Å². The Morgan fingerprint density at radius 1 is 0.968 bits per heavy atom. The molecule has 156 valence electrons. The number of imidazole rings is 1. The minimum atomic E-state index is -0.411. The number of hydrogen-bond donors (Lipinski definition) is 1. The van der Waals surface area contributed by atoms with Gasteiger partial charge in [0.2, 0.25) is 0 Å². The normalized spacial score (nSPS) is 10.8. The van der Waals surface area contributed by atoms with Gasteiger partial charge in [-0.25, -0.2) is 18.7 Å². The van der Waals surface area contributed by atoms with Crippen molar-refractivity contribution in [3.8, 4) is 22.5 Å². The van der Waals surface area contributed by atoms with Crippen LogP contribution in [0.25, 0.3) is 22.5 Å². The Balaban J connectivity index is 1.72. The zero-order chi connectivity index (χ0) is 22.0. The van der Waals surface area contributed by atoms with Crippen LogP contribution in [0.2, 0.25) is 0 Å². The summed E-state index contributed by atoms with van der Waals surface area (Å²) >= 11 is 1.50. The fraction of sp³-hybridized carbons (Fsp3) is 0.0870. The highest BCUT2D eigenvalue weighted by Gasteiger charge is 2.18. The predicted octanol–water partition coefficient (Wildman–Crippen LogP) is 5.40. The van der Waals surface area contributed by atoms with Crippen molar-refractivity contribution in [2.24, 2.45) is 7.05 Å². The molecule has 0 spiro atoms. The number of anilines is 1. The van der Waals surface area contributed by atoms with Crippen LogP contribution in [0.4, 0.5) is 14.6 Å². The van der Waals surface area contributed by atoms with Crippen molar-refractivity contribution in [1.29, 1.82) is 0 Å². The highest BCUT2D eigenvalue weighted by atomic mass is 32.2. The number of nitrogens with one attached hydrogen (secondary N) is 1. The molecule has 1 N–H and O–H groups in total. The van der Waals surface area contributed by atoms with Gasteiger partial charge in [0.25, 0.3) is 5.91 Å². The number of carbonyl (C=O) groups is 1. The van der Waals surface area contributed by atoms with Crippen molar-refractivity contribution < 1.29 is 13.6 Å². The standard InChI is InChI=1S/C23H18F2N4OS/c1-29-21(20(28-23(29)31-2)14-3-7-17(24)8-4-14)16-11-12-26-19(13-16)27-22(30)15-5-9-18(25)10-6-15/h3-13H,1-2H3,(H,26,27,30). The molecule has 0 saturated carbocycles. The summed E-state index contributed by atoms with van der Waals surface area (Å²) in [6.07, 6.45) is 3.53. The third kappa shape index (κ3) is 4.34. The largest absolute Gasteiger partial charge is 0.322 e. The molecule has 0 fully saturated rings. The molecule has 1 amide bonds. The number of rotatable bonds is 5. The van der Waals surface area contributed by atoms with E-state index < -0.39 is 11.7 Å². The van der Waals surface area contributed by atoms with E-state index in [2.05, 4.69) is 10.3 Å². The van der Waals surface area contributed by atoms with E-state index in [1.54, 1.807) is 24.4 Å². The van der Waals surface area contributed by atoms with Crippen molar-refractivity contribution in [3.05, 3.63) is 84.1 Å². The lowest BCUT2D eigenvalue weighted by Crippen LogP contribution is -2.13. The number of pyridine rings is 1. The van der Waals surface area contributed by atoms with Crippen LogP contribution >= 0.6 is 11.8 Å². The quantitative estimate of drug-likeness (QED) is 0.426. The van der Waals surface area contributed by atoms with E-state index >= 15 is 0 Å². The van der Waals surface area contributed by atoms with Crippen molar-refractivity contribution in [2.45, 2.75) is 5.16 Å². The van der Waals surface area contributed by atoms with E-state index in [1.807, 2.05) is 23.9 Å². The third-order valence-electron chi connectivity index (χ3n) is 4.74. The molecule has 5 nitrogen and oxygen atoms in total. The Bertz CT molecular complexity index is 1240. The first-order chi connectivity index (χ1) is 15.0. The van der Waals surface area contributed by atoms with Gasteiger partial charge in [0.15, 0.2) is 5.16 Å². The number of amides is 1. The number of nitrogens with zero attached hydrogens (tertiary/aromatic N) is 3. The van der Waals surface area contributed by atoms with Gasteiger partial charge in [-0.3, -0.25) is 4.79 Å². The third-order valence-corrected chi connectivity index (χ3v) is 5.47. The number of thioether (sulfide) groups is 1. The van der Waals surface area contributed by atoms with Gasteiger partial charge >= 0.3 is 0 Å². The molecule has 2 aromatic carbocycles. The van der Waals surface area contributed by atoms with Gasteiger partial charge in [-0.15, -0.1) is 0 Å². The smallest absolute Gasteiger partial charge is 0.256 e. The van der Waals surface area contributed by atoms with Crippen LogP contribution in [0.1, 0.15) is 10.4 Å². The Labute approximate surface area is 182 Å². The summed E-state index contributed by atoms with van der Waals surface area (Å²) < 4.78 is 28.5. The molecule has 8 heteroatoms. The minimum absolute atomic E-state index is 0.318. The van der Waals surface area contributed by atoms with E-state index in [4.69, 9.17) is 4.98 Å². The van der Waals surface area contributed by atoms with Crippen LogP contribution in [0.5, 0.6) is 0 Å². The van der Waals surface area contributed by atoms with Crippen LogP contribution in [0.15, 0.2) is 72.0 Å². The van der Waals surface area contributed by atoms with Gasteiger partial charge < -0.3 is 9.88 Å². The maximum atomic E-state index is 13.4. The summed E-state index contributed by atoms with van der Waals surface area (Å²) in [4.78, 5) is 21.4. The number of halogens is 2. The first-order valence-electron chi connectivity index (χ1n) is 9.36. The summed E-state index contributed by atoms with van der Waals surface area (Å²) in [5.41, 5.74) is 3.41. The Morgan fingerprint density at radius 2 is 1.61 bits per heavy atom. The van der Waals surface area contributed by atoms with Crippen molar-refractivity contribution in [3.63, 3.8) is 0 Å². The van der Waals surface area contributed by atoms with Crippen molar-refractivity contribution in [2.75, 3.05) is 11.6 Å². The molecule has 31 heavy (non-hydrogen) atoms. The summed E-state index contributed by atoms with van der Waals surface area (Å²) in [5.74, 6) is -0.770. The molecule has 0 saturated heterocycles. The molecule has 4 rings (SSSR count). The molecular weight excluding hydrogens is 418 g/mol. The van der Waals surface area contributed by atoms with Crippen LogP contribution in [-0.4, -0.2) is 26.7 Å². The van der Waals surface area contributed by atoms with Crippen LogP contribution in [0.3, 0.4) is 0 Å². The summed E-state index contributed by atoms with van der Waals surface area (Å²) in [6.45, 7) is 0. The van der Waals surface area contributed by atoms with E-state index in [-0.39, 0.29) is 5.82 Å². The maximum absolute atomic E-state index is 13.4. The molecule has 0 aliphatic carbocycles. The highest BCUT2D eigenvalue weighted by Crippen LogP contribution is 2.35. The van der Waals surface area contributed by atoms with Crippen LogP contribution < -0.4 is 5.32 Å². The Kier molecular flexibility index (Phi) is 5.81. The monoisotopic (exact) mass is 436 g/mol. The van der Waals surface area contributed by atoms with Crippen molar-refractivity contribution in [1.82, 2.24) is 14.5 Å². The first-order valence-corrected chi connectivity index (χ1v) is 10.6. The van der Waals surface area contributed by atoms with Crippen molar-refractivity contribution >= 4 is 23.5 Å². The van der Waals surface area contributed by atoms with Gasteiger partial charge in [0, 0.05) is 29.9 Å². The lowest BCUT2D eigenvalue weighted by Gasteiger charge is -2.10. The average molecular weight is 436 g/mol. The topological polar surface area (TPSA) is 59.8 Å². The molecule has 0 aliphatic heterocycles. The second-order valence-electron chi connectivity index (χ2n) is 6.75. The van der Waals surface area contributed by atoms with Gasteiger partial charge in [0.1, 0.15) is 17.5 Å². The first kappa shape index (κ1) is 20.7. The van der Waals surface area contributed by atoms with E-state index in [0.29, 0.717) is 17.1 Å². The predicted molar refractivity (Wildman–Crippen MR) is 118 cm³/mol. The van der Waals surface area contributed by atoms with Crippen LogP contribution in [-0.2, 0) is 7.05 Å². The molecule has 2 aromatic heterocycles. The van der Waals surface area contributed by atoms with Gasteiger partial charge in [-0.2, -0.15) is 0 Å². The molecule has 2 heterocycles. The summed E-state index contributed by atoms with van der Waals surface area (Å²) in [5, 5.41) is 3.53. The average Bonchev–Trinajstić information content (AvgIpc) is 3.11. The lowest BCUT2D eigenvalue weighted by molar-refractivity contribution is 0.102. The molecule has 0 atom stereocenters. The van der Waals surface area contributed by atoms with Gasteiger partial charge in [-0.1, -0.05) is 11.8 Å². The van der Waals surface area contributed by atoms with E-state index in [9.17, 15) is 13.6 Å². The maximum Gasteiger partial charge on any atom is 0.256 e. The number of benzene rings is 2. The molecule has 0 unspecified atom stereocenters. The highest BCUT2D eigenvalue weighted by molar-refractivity contribution is 7.98. The number of carbonyl (C=O) groups excluding carboxylic acids is 1. The van der Waals surface area contributed by atoms with Crippen LogP contribution in [0, 0.1) is 11.6 Å². The van der Waals surface area contributed by atoms with Gasteiger partial charge in [-0.05, 0) is 66.9 Å².